The first-order chi connectivity index (χ1) is 13.5. The molecule has 0 fully saturated rings. The van der Waals surface area contributed by atoms with Gasteiger partial charge in [0.1, 0.15) is 21.7 Å². The molecule has 1 aromatic carbocycles. The number of rotatable bonds is 5. The van der Waals surface area contributed by atoms with Crippen LogP contribution in [0.4, 0.5) is 0 Å². The number of fused-ring (bicyclic) bond motifs is 1. The van der Waals surface area contributed by atoms with E-state index in [9.17, 15) is 4.79 Å². The fraction of sp³-hybridized carbons (Fsp3) is 0.429. The highest BCUT2D eigenvalue weighted by molar-refractivity contribution is 14.1. The molecule has 3 rings (SSSR count). The molecule has 2 heterocycles. The number of aromatic nitrogens is 4. The van der Waals surface area contributed by atoms with Crippen LogP contribution in [0.3, 0.4) is 0 Å². The van der Waals surface area contributed by atoms with Crippen molar-refractivity contribution in [2.24, 2.45) is 0 Å². The van der Waals surface area contributed by atoms with Crippen molar-refractivity contribution in [3.63, 3.8) is 0 Å². The summed E-state index contributed by atoms with van der Waals surface area (Å²) in [5.41, 5.74) is 3.54. The van der Waals surface area contributed by atoms with Crippen LogP contribution in [0.1, 0.15) is 32.2 Å². The fourth-order valence-electron chi connectivity index (χ4n) is 3.11. The quantitative estimate of drug-likeness (QED) is 0.387. The van der Waals surface area contributed by atoms with Gasteiger partial charge in [0.25, 0.3) is 0 Å². The normalized spacial score (nSPS) is 12.0. The molecule has 0 N–H and O–H groups in total. The van der Waals surface area contributed by atoms with Crippen molar-refractivity contribution in [2.75, 3.05) is 14.1 Å². The molecule has 0 aliphatic heterocycles. The van der Waals surface area contributed by atoms with Crippen LogP contribution in [-0.2, 0) is 22.6 Å². The van der Waals surface area contributed by atoms with E-state index in [0.29, 0.717) is 0 Å². The average Bonchev–Trinajstić information content (AvgIpc) is 2.88. The van der Waals surface area contributed by atoms with E-state index in [1.165, 1.54) is 0 Å². The van der Waals surface area contributed by atoms with Gasteiger partial charge in [-0.1, -0.05) is 0 Å². The minimum absolute atomic E-state index is 0.0746. The van der Waals surface area contributed by atoms with E-state index in [-0.39, 0.29) is 12.5 Å². The predicted octanol–water partition coefficient (Wildman–Crippen LogP) is 3.81. The molecular formula is C21H26IN5O2. The number of carbonyl (C=O) groups excluding carboxylic acids is 1. The molecule has 2 aromatic heterocycles. The monoisotopic (exact) mass is 507 g/mol. The molecule has 0 aliphatic rings. The zero-order valence-corrected chi connectivity index (χ0v) is 19.8. The lowest BCUT2D eigenvalue weighted by molar-refractivity contribution is -0.155. The van der Waals surface area contributed by atoms with Crippen LogP contribution in [-0.4, -0.2) is 50.3 Å². The molecule has 0 saturated carbocycles. The topological polar surface area (TPSA) is 73.1 Å². The van der Waals surface area contributed by atoms with Crippen LogP contribution in [0.25, 0.3) is 22.0 Å². The van der Waals surface area contributed by atoms with E-state index in [0.717, 1.165) is 43.7 Å². The zero-order valence-electron chi connectivity index (χ0n) is 17.7. The van der Waals surface area contributed by atoms with Crippen molar-refractivity contribution in [3.8, 4) is 11.1 Å². The summed E-state index contributed by atoms with van der Waals surface area (Å²) in [7, 11) is 4.06. The van der Waals surface area contributed by atoms with Gasteiger partial charge in [-0.25, -0.2) is 9.97 Å². The van der Waals surface area contributed by atoms with Gasteiger partial charge >= 0.3 is 5.97 Å². The van der Waals surface area contributed by atoms with Gasteiger partial charge in [-0.15, -0.1) is 0 Å². The Morgan fingerprint density at radius 1 is 1.21 bits per heavy atom. The highest BCUT2D eigenvalue weighted by Crippen LogP contribution is 2.31. The molecule has 0 atom stereocenters. The van der Waals surface area contributed by atoms with Gasteiger partial charge in [-0.2, -0.15) is 5.10 Å². The highest BCUT2D eigenvalue weighted by atomic mass is 127. The number of hydrogen-bond donors (Lipinski definition) is 0. The molecule has 29 heavy (non-hydrogen) atoms. The summed E-state index contributed by atoms with van der Waals surface area (Å²) >= 11 is 2.21. The number of carbonyl (C=O) groups is 1. The number of nitrogens with zero attached hydrogens (tertiary/aromatic N) is 5. The van der Waals surface area contributed by atoms with Crippen LogP contribution in [0.15, 0.2) is 24.5 Å². The summed E-state index contributed by atoms with van der Waals surface area (Å²) < 4.78 is 8.03. The number of esters is 1. The maximum Gasteiger partial charge on any atom is 0.328 e. The molecule has 0 aliphatic carbocycles. The molecular weight excluding hydrogens is 481 g/mol. The maximum atomic E-state index is 12.4. The lowest BCUT2D eigenvalue weighted by atomic mass is 9.99. The molecule has 0 spiro atoms. The van der Waals surface area contributed by atoms with Crippen molar-refractivity contribution in [1.29, 1.82) is 0 Å². The first-order valence-corrected chi connectivity index (χ1v) is 10.5. The molecule has 154 valence electrons. The molecule has 3 aromatic rings. The second kappa shape index (κ2) is 8.35. The molecule has 0 unspecified atom stereocenters. The number of benzene rings is 1. The summed E-state index contributed by atoms with van der Waals surface area (Å²) in [6, 6.07) is 4.21. The minimum Gasteiger partial charge on any atom is -0.459 e. The van der Waals surface area contributed by atoms with Gasteiger partial charge < -0.3 is 9.64 Å². The third kappa shape index (κ3) is 5.30. The Labute approximate surface area is 184 Å². The molecule has 7 nitrogen and oxygen atoms in total. The first-order valence-electron chi connectivity index (χ1n) is 9.38. The third-order valence-electron chi connectivity index (χ3n) is 4.21. The molecule has 0 saturated heterocycles. The van der Waals surface area contributed by atoms with Crippen molar-refractivity contribution in [2.45, 2.75) is 46.4 Å². The maximum absolute atomic E-state index is 12.4. The third-order valence-corrected chi connectivity index (χ3v) is 5.00. The lowest BCUT2D eigenvalue weighted by Gasteiger charge is -2.19. The van der Waals surface area contributed by atoms with Gasteiger partial charge in [-0.05, 0) is 87.6 Å². The van der Waals surface area contributed by atoms with Crippen molar-refractivity contribution in [3.05, 3.63) is 39.6 Å². The van der Waals surface area contributed by atoms with Gasteiger partial charge in [0.05, 0.1) is 5.52 Å². The van der Waals surface area contributed by atoms with E-state index in [2.05, 4.69) is 54.7 Å². The van der Waals surface area contributed by atoms with Crippen LogP contribution in [0.2, 0.25) is 0 Å². The van der Waals surface area contributed by atoms with E-state index in [1.54, 1.807) is 4.68 Å². The largest absolute Gasteiger partial charge is 0.459 e. The first kappa shape index (κ1) is 21.6. The Kier molecular flexibility index (Phi) is 6.23. The van der Waals surface area contributed by atoms with Crippen LogP contribution >= 0.6 is 22.6 Å². The molecule has 0 amide bonds. The summed E-state index contributed by atoms with van der Waals surface area (Å²) in [4.78, 5) is 23.2. The zero-order chi connectivity index (χ0) is 21.3. The molecule has 0 bridgehead atoms. The van der Waals surface area contributed by atoms with Crippen LogP contribution in [0, 0.1) is 10.6 Å². The standard InChI is InChI=1S/C21H26IN5O2/c1-13-23-9-15(10-24-13)16-8-17-18(7-14(16)11-26(5)6)27(25-20(17)22)12-19(28)29-21(2,3)4/h7-10H,11-12H2,1-6H3. The lowest BCUT2D eigenvalue weighted by Crippen LogP contribution is -2.26. The van der Waals surface area contributed by atoms with Crippen LogP contribution in [0.5, 0.6) is 0 Å². The van der Waals surface area contributed by atoms with E-state index < -0.39 is 5.60 Å². The Morgan fingerprint density at radius 2 is 1.86 bits per heavy atom. The number of ether oxygens (including phenoxy) is 1. The summed E-state index contributed by atoms with van der Waals surface area (Å²) in [6.45, 7) is 8.28. The van der Waals surface area contributed by atoms with Gasteiger partial charge in [0.15, 0.2) is 0 Å². The number of hydrogen-bond acceptors (Lipinski definition) is 6. The second-order valence-electron chi connectivity index (χ2n) is 8.32. The Morgan fingerprint density at radius 3 is 2.45 bits per heavy atom. The van der Waals surface area contributed by atoms with E-state index in [1.807, 2.05) is 54.2 Å². The van der Waals surface area contributed by atoms with Crippen molar-refractivity contribution < 1.29 is 9.53 Å². The Bertz CT molecular complexity index is 1040. The Balaban J connectivity index is 2.09. The van der Waals surface area contributed by atoms with Crippen LogP contribution < -0.4 is 0 Å². The highest BCUT2D eigenvalue weighted by Gasteiger charge is 2.20. The molecule has 0 radical (unpaired) electrons. The predicted molar refractivity (Wildman–Crippen MR) is 121 cm³/mol. The number of halogens is 1. The second-order valence-corrected chi connectivity index (χ2v) is 9.34. The fourth-order valence-corrected chi connectivity index (χ4v) is 3.80. The van der Waals surface area contributed by atoms with Gasteiger partial charge in [-0.3, -0.25) is 9.48 Å². The summed E-state index contributed by atoms with van der Waals surface area (Å²) in [6.07, 6.45) is 3.70. The smallest absolute Gasteiger partial charge is 0.328 e. The Hall–Kier alpha value is -2.07. The average molecular weight is 507 g/mol. The number of aryl methyl sites for hydroxylation is 1. The van der Waals surface area contributed by atoms with Gasteiger partial charge in [0, 0.05) is 29.9 Å². The van der Waals surface area contributed by atoms with Crippen molar-refractivity contribution >= 4 is 39.5 Å². The van der Waals surface area contributed by atoms with Gasteiger partial charge in [0.2, 0.25) is 0 Å². The SMILES string of the molecule is Cc1ncc(-c2cc3c(I)nn(CC(=O)OC(C)(C)C)c3cc2CN(C)C)cn1. The minimum atomic E-state index is -0.526. The summed E-state index contributed by atoms with van der Waals surface area (Å²) in [5.74, 6) is 0.437. The van der Waals surface area contributed by atoms with E-state index in [4.69, 9.17) is 4.74 Å². The van der Waals surface area contributed by atoms with E-state index >= 15 is 0 Å². The summed E-state index contributed by atoms with van der Waals surface area (Å²) in [5, 5.41) is 5.58. The molecule has 8 heteroatoms. The van der Waals surface area contributed by atoms with Crippen molar-refractivity contribution in [1.82, 2.24) is 24.6 Å².